The van der Waals surface area contributed by atoms with Gasteiger partial charge in [-0.15, -0.1) is 0 Å². The number of aromatic nitrogens is 3. The zero-order valence-corrected chi connectivity index (χ0v) is 12.3. The lowest BCUT2D eigenvalue weighted by atomic mass is 10.1. The van der Waals surface area contributed by atoms with Crippen LogP contribution in [0, 0.1) is 5.92 Å². The van der Waals surface area contributed by atoms with E-state index >= 15 is 0 Å². The van der Waals surface area contributed by atoms with Gasteiger partial charge in [-0.05, 0) is 25.0 Å². The van der Waals surface area contributed by atoms with E-state index in [1.807, 2.05) is 18.2 Å². The Balaban J connectivity index is 1.54. The lowest BCUT2D eigenvalue weighted by Gasteiger charge is -2.17. The van der Waals surface area contributed by atoms with E-state index in [1.54, 1.807) is 31.1 Å². The number of imidazole rings is 1. The fourth-order valence-electron chi connectivity index (χ4n) is 2.53. The average Bonchev–Trinajstić information content (AvgIpc) is 3.07. The van der Waals surface area contributed by atoms with Crippen molar-refractivity contribution >= 4 is 6.09 Å². The summed E-state index contributed by atoms with van der Waals surface area (Å²) in [4.78, 5) is 20.5. The van der Waals surface area contributed by atoms with E-state index in [0.717, 1.165) is 29.7 Å². The highest BCUT2D eigenvalue weighted by atomic mass is 16.6. The van der Waals surface area contributed by atoms with E-state index in [-0.39, 0.29) is 6.10 Å². The predicted molar refractivity (Wildman–Crippen MR) is 81.5 cm³/mol. The van der Waals surface area contributed by atoms with Gasteiger partial charge in [-0.1, -0.05) is 6.07 Å². The van der Waals surface area contributed by atoms with Crippen LogP contribution < -0.4 is 0 Å². The second kappa shape index (κ2) is 5.72. The van der Waals surface area contributed by atoms with Gasteiger partial charge in [-0.3, -0.25) is 4.98 Å². The molecule has 3 aromatic rings. The molecule has 1 aliphatic carbocycles. The van der Waals surface area contributed by atoms with Gasteiger partial charge in [0.25, 0.3) is 0 Å². The molecule has 0 N–H and O–H groups in total. The number of hydrogen-bond acceptors (Lipinski definition) is 5. The molecule has 116 valence electrons. The molecule has 3 heterocycles. The fraction of sp³-hybridized carbons (Fsp3) is 0.235. The van der Waals surface area contributed by atoms with E-state index in [1.165, 1.54) is 10.9 Å². The first kappa shape index (κ1) is 13.8. The van der Waals surface area contributed by atoms with Crippen LogP contribution in [0.2, 0.25) is 0 Å². The van der Waals surface area contributed by atoms with Crippen LogP contribution in [-0.2, 0) is 4.74 Å². The number of carbonyl (C=O) groups is 1. The van der Waals surface area contributed by atoms with Crippen molar-refractivity contribution in [2.45, 2.75) is 18.9 Å². The molecule has 1 atom stereocenters. The van der Waals surface area contributed by atoms with Gasteiger partial charge in [-0.2, -0.15) is 0 Å². The Morgan fingerprint density at radius 3 is 2.87 bits per heavy atom. The molecule has 1 unspecified atom stereocenters. The minimum absolute atomic E-state index is 0.268. The smallest absolute Gasteiger partial charge is 0.419 e. The zero-order valence-electron chi connectivity index (χ0n) is 12.3. The summed E-state index contributed by atoms with van der Waals surface area (Å²) in [5, 5.41) is 0. The normalized spacial score (nSPS) is 15.3. The Kier molecular flexibility index (Phi) is 3.42. The number of nitrogens with zero attached hydrogens (tertiary/aromatic N) is 3. The van der Waals surface area contributed by atoms with Crippen molar-refractivity contribution in [2.75, 3.05) is 0 Å². The van der Waals surface area contributed by atoms with Crippen molar-refractivity contribution in [1.82, 2.24) is 14.5 Å². The van der Waals surface area contributed by atoms with E-state index in [4.69, 9.17) is 9.15 Å². The molecule has 0 aromatic carbocycles. The number of ether oxygens (including phenoxy) is 1. The van der Waals surface area contributed by atoms with Gasteiger partial charge in [0.05, 0.1) is 18.2 Å². The van der Waals surface area contributed by atoms with Crippen LogP contribution >= 0.6 is 0 Å². The van der Waals surface area contributed by atoms with Crippen molar-refractivity contribution in [3.8, 4) is 11.3 Å². The molecule has 0 amide bonds. The predicted octanol–water partition coefficient (Wildman–Crippen LogP) is 3.67. The number of hydrogen-bond donors (Lipinski definition) is 0. The first-order valence-electron chi connectivity index (χ1n) is 7.49. The van der Waals surface area contributed by atoms with Crippen molar-refractivity contribution in [2.24, 2.45) is 5.92 Å². The first-order valence-corrected chi connectivity index (χ1v) is 7.49. The third-order valence-electron chi connectivity index (χ3n) is 3.92. The van der Waals surface area contributed by atoms with Crippen molar-refractivity contribution in [1.29, 1.82) is 0 Å². The second-order valence-electron chi connectivity index (χ2n) is 5.60. The van der Waals surface area contributed by atoms with Crippen molar-refractivity contribution in [3.63, 3.8) is 0 Å². The molecule has 3 aromatic heterocycles. The molecule has 0 aliphatic heterocycles. The highest BCUT2D eigenvalue weighted by molar-refractivity contribution is 5.70. The Hall–Kier alpha value is -2.89. The van der Waals surface area contributed by atoms with Crippen LogP contribution in [0.4, 0.5) is 4.79 Å². The first-order chi connectivity index (χ1) is 11.3. The van der Waals surface area contributed by atoms with Crippen LogP contribution in [0.1, 0.15) is 24.5 Å². The van der Waals surface area contributed by atoms with Gasteiger partial charge in [0, 0.05) is 35.6 Å². The Bertz CT molecular complexity index is 775. The SMILES string of the molecule is O=C(OC(c1ccc(-c2ccoc2)nc1)C1CC1)n1ccnc1. The zero-order chi connectivity index (χ0) is 15.6. The standard InChI is InChI=1S/C17H15N3O3/c21-17(20-7-6-18-11-20)23-16(12-1-2-12)13-3-4-15(19-9-13)14-5-8-22-10-14/h3-12,16H,1-2H2. The van der Waals surface area contributed by atoms with E-state index in [9.17, 15) is 4.79 Å². The summed E-state index contributed by atoms with van der Waals surface area (Å²) >= 11 is 0. The molecule has 23 heavy (non-hydrogen) atoms. The minimum atomic E-state index is -0.418. The van der Waals surface area contributed by atoms with Crippen LogP contribution in [0.25, 0.3) is 11.3 Å². The molecular weight excluding hydrogens is 294 g/mol. The molecule has 6 nitrogen and oxygen atoms in total. The number of furan rings is 1. The molecular formula is C17H15N3O3. The summed E-state index contributed by atoms with van der Waals surface area (Å²) in [6, 6.07) is 5.74. The molecule has 0 saturated heterocycles. The summed E-state index contributed by atoms with van der Waals surface area (Å²) in [7, 11) is 0. The van der Waals surface area contributed by atoms with Gasteiger partial charge in [0.1, 0.15) is 12.4 Å². The summed E-state index contributed by atoms with van der Waals surface area (Å²) < 4.78 is 12.1. The number of rotatable bonds is 4. The van der Waals surface area contributed by atoms with Gasteiger partial charge in [0.2, 0.25) is 0 Å². The average molecular weight is 309 g/mol. The van der Waals surface area contributed by atoms with E-state index in [2.05, 4.69) is 9.97 Å². The largest absolute Gasteiger partial charge is 0.472 e. The molecule has 1 saturated carbocycles. The molecule has 0 radical (unpaired) electrons. The fourth-order valence-corrected chi connectivity index (χ4v) is 2.53. The Labute approximate surface area is 132 Å². The maximum absolute atomic E-state index is 12.1. The summed E-state index contributed by atoms with van der Waals surface area (Å²) in [6.07, 6.45) is 11.0. The number of carbonyl (C=O) groups excluding carboxylic acids is 1. The van der Waals surface area contributed by atoms with Gasteiger partial charge in [-0.25, -0.2) is 14.3 Å². The summed E-state index contributed by atoms with van der Waals surface area (Å²) in [6.45, 7) is 0. The molecule has 6 heteroatoms. The lowest BCUT2D eigenvalue weighted by Crippen LogP contribution is -2.17. The lowest BCUT2D eigenvalue weighted by molar-refractivity contribution is 0.0860. The van der Waals surface area contributed by atoms with Crippen LogP contribution in [-0.4, -0.2) is 20.6 Å². The minimum Gasteiger partial charge on any atom is -0.472 e. The van der Waals surface area contributed by atoms with Gasteiger partial charge in [0.15, 0.2) is 0 Å². The molecule has 4 rings (SSSR count). The topological polar surface area (TPSA) is 70.2 Å². The highest BCUT2D eigenvalue weighted by Gasteiger charge is 2.35. The third kappa shape index (κ3) is 2.88. The number of pyridine rings is 1. The van der Waals surface area contributed by atoms with Gasteiger partial charge < -0.3 is 9.15 Å². The van der Waals surface area contributed by atoms with E-state index < -0.39 is 6.09 Å². The summed E-state index contributed by atoms with van der Waals surface area (Å²) in [5.41, 5.74) is 2.67. The Morgan fingerprint density at radius 1 is 1.35 bits per heavy atom. The maximum atomic E-state index is 12.1. The maximum Gasteiger partial charge on any atom is 0.419 e. The quantitative estimate of drug-likeness (QED) is 0.735. The Morgan fingerprint density at radius 2 is 2.26 bits per heavy atom. The van der Waals surface area contributed by atoms with Crippen LogP contribution in [0.5, 0.6) is 0 Å². The van der Waals surface area contributed by atoms with Crippen LogP contribution in [0.15, 0.2) is 60.1 Å². The monoisotopic (exact) mass is 309 g/mol. The van der Waals surface area contributed by atoms with Gasteiger partial charge >= 0.3 is 6.09 Å². The van der Waals surface area contributed by atoms with Crippen LogP contribution in [0.3, 0.4) is 0 Å². The highest BCUT2D eigenvalue weighted by Crippen LogP contribution is 2.43. The van der Waals surface area contributed by atoms with Crippen molar-refractivity contribution in [3.05, 3.63) is 61.2 Å². The van der Waals surface area contributed by atoms with E-state index in [0.29, 0.717) is 5.92 Å². The third-order valence-corrected chi connectivity index (χ3v) is 3.92. The summed E-state index contributed by atoms with van der Waals surface area (Å²) in [5.74, 6) is 0.365. The molecule has 0 bridgehead atoms. The van der Waals surface area contributed by atoms with Crippen molar-refractivity contribution < 1.29 is 13.9 Å². The molecule has 0 spiro atoms. The molecule has 1 fully saturated rings. The second-order valence-corrected chi connectivity index (χ2v) is 5.60. The molecule has 1 aliphatic rings.